The zero-order chi connectivity index (χ0) is 10.6. The Kier molecular flexibility index (Phi) is 3.64. The van der Waals surface area contributed by atoms with Crippen LogP contribution in [0.1, 0.15) is 6.92 Å². The Morgan fingerprint density at radius 3 is 3.07 bits per heavy atom. The zero-order valence-electron chi connectivity index (χ0n) is 7.92. The van der Waals surface area contributed by atoms with E-state index in [4.69, 9.17) is 17.0 Å². The summed E-state index contributed by atoms with van der Waals surface area (Å²) in [6.07, 6.45) is 1.53. The fraction of sp³-hybridized carbons (Fsp3) is 0.333. The van der Waals surface area contributed by atoms with E-state index < -0.39 is 0 Å². The van der Waals surface area contributed by atoms with Gasteiger partial charge in [-0.25, -0.2) is 4.79 Å². The van der Waals surface area contributed by atoms with Crippen LogP contribution in [0.15, 0.2) is 23.9 Å². The van der Waals surface area contributed by atoms with Crippen molar-refractivity contribution in [1.29, 1.82) is 0 Å². The highest BCUT2D eigenvalue weighted by molar-refractivity contribution is 7.80. The summed E-state index contributed by atoms with van der Waals surface area (Å²) in [6, 6.07) is 0. The van der Waals surface area contributed by atoms with Crippen molar-refractivity contribution < 1.29 is 9.53 Å². The van der Waals surface area contributed by atoms with Gasteiger partial charge in [0.15, 0.2) is 5.11 Å². The third kappa shape index (κ3) is 2.56. The largest absolute Gasteiger partial charge is 0.458 e. The number of esters is 1. The number of ether oxygens (including phenoxy) is 1. The average Bonchev–Trinajstić information content (AvgIpc) is 2.14. The maximum atomic E-state index is 11.4. The minimum absolute atomic E-state index is 0.222. The lowest BCUT2D eigenvalue weighted by molar-refractivity contribution is -0.137. The van der Waals surface area contributed by atoms with Crippen LogP contribution in [-0.4, -0.2) is 24.2 Å². The Labute approximate surface area is 88.0 Å². The molecule has 0 saturated heterocycles. The standard InChI is InChI=1S/C9H12N2O2S/c1-3-4-13-8(12)7-5-10-9(14)11-6(7)2/h3H,1,4-5H2,2H3,(H2,10,11,14). The van der Waals surface area contributed by atoms with Gasteiger partial charge in [0.05, 0.1) is 12.1 Å². The maximum absolute atomic E-state index is 11.4. The van der Waals surface area contributed by atoms with E-state index in [1.54, 1.807) is 6.92 Å². The van der Waals surface area contributed by atoms with Crippen LogP contribution in [0.4, 0.5) is 0 Å². The number of allylic oxidation sites excluding steroid dienone is 1. The molecule has 5 heteroatoms. The summed E-state index contributed by atoms with van der Waals surface area (Å²) < 4.78 is 4.90. The topological polar surface area (TPSA) is 50.4 Å². The molecule has 0 fully saturated rings. The molecule has 1 aliphatic heterocycles. The number of thiocarbonyl (C=S) groups is 1. The molecular weight excluding hydrogens is 200 g/mol. The van der Waals surface area contributed by atoms with E-state index in [1.807, 2.05) is 0 Å². The number of hydrogen-bond donors (Lipinski definition) is 2. The van der Waals surface area contributed by atoms with Crippen molar-refractivity contribution in [3.63, 3.8) is 0 Å². The molecular formula is C9H12N2O2S. The first-order chi connectivity index (χ1) is 6.65. The summed E-state index contributed by atoms with van der Waals surface area (Å²) in [6.45, 7) is 5.89. The second-order valence-electron chi connectivity index (χ2n) is 2.80. The SMILES string of the molecule is C=CCOC(=O)C1=C(C)NC(=S)NC1. The second kappa shape index (κ2) is 4.76. The van der Waals surface area contributed by atoms with E-state index >= 15 is 0 Å². The van der Waals surface area contributed by atoms with E-state index in [2.05, 4.69) is 17.2 Å². The van der Waals surface area contributed by atoms with E-state index in [0.29, 0.717) is 17.2 Å². The van der Waals surface area contributed by atoms with Gasteiger partial charge < -0.3 is 15.4 Å². The summed E-state index contributed by atoms with van der Waals surface area (Å²) in [5.41, 5.74) is 1.31. The lowest BCUT2D eigenvalue weighted by Crippen LogP contribution is -2.42. The van der Waals surface area contributed by atoms with Crippen LogP contribution in [0.2, 0.25) is 0 Å². The first-order valence-electron chi connectivity index (χ1n) is 4.17. The highest BCUT2D eigenvalue weighted by Crippen LogP contribution is 2.06. The van der Waals surface area contributed by atoms with Crippen LogP contribution in [0, 0.1) is 0 Å². The molecule has 4 nitrogen and oxygen atoms in total. The number of carbonyl (C=O) groups is 1. The van der Waals surface area contributed by atoms with Gasteiger partial charge in [0.1, 0.15) is 6.61 Å². The molecule has 0 saturated carbocycles. The zero-order valence-corrected chi connectivity index (χ0v) is 8.74. The van der Waals surface area contributed by atoms with Gasteiger partial charge in [-0.1, -0.05) is 12.7 Å². The van der Waals surface area contributed by atoms with E-state index in [9.17, 15) is 4.79 Å². The van der Waals surface area contributed by atoms with Crippen molar-refractivity contribution in [1.82, 2.24) is 10.6 Å². The minimum Gasteiger partial charge on any atom is -0.458 e. The molecule has 0 unspecified atom stereocenters. The highest BCUT2D eigenvalue weighted by atomic mass is 32.1. The predicted molar refractivity (Wildman–Crippen MR) is 57.6 cm³/mol. The molecule has 0 radical (unpaired) electrons. The normalized spacial score (nSPS) is 15.6. The van der Waals surface area contributed by atoms with E-state index in [-0.39, 0.29) is 12.6 Å². The number of rotatable bonds is 3. The van der Waals surface area contributed by atoms with Gasteiger partial charge in [-0.3, -0.25) is 0 Å². The molecule has 0 spiro atoms. The van der Waals surface area contributed by atoms with Crippen LogP contribution in [-0.2, 0) is 9.53 Å². The van der Waals surface area contributed by atoms with Crippen LogP contribution in [0.25, 0.3) is 0 Å². The molecule has 2 N–H and O–H groups in total. The van der Waals surface area contributed by atoms with Gasteiger partial charge in [0.2, 0.25) is 0 Å². The number of nitrogens with one attached hydrogen (secondary N) is 2. The summed E-state index contributed by atoms with van der Waals surface area (Å²) in [7, 11) is 0. The van der Waals surface area contributed by atoms with Crippen molar-refractivity contribution in [2.24, 2.45) is 0 Å². The molecule has 0 atom stereocenters. The quantitative estimate of drug-likeness (QED) is 0.404. The maximum Gasteiger partial charge on any atom is 0.337 e. The van der Waals surface area contributed by atoms with Crippen LogP contribution in [0.5, 0.6) is 0 Å². The number of carbonyl (C=O) groups excluding carboxylic acids is 1. The molecule has 1 heterocycles. The molecule has 0 amide bonds. The van der Waals surface area contributed by atoms with Crippen molar-refractivity contribution in [2.45, 2.75) is 6.92 Å². The third-order valence-electron chi connectivity index (χ3n) is 1.76. The Balaban J connectivity index is 2.66. The van der Waals surface area contributed by atoms with Crippen molar-refractivity contribution in [3.8, 4) is 0 Å². The van der Waals surface area contributed by atoms with Gasteiger partial charge in [-0.05, 0) is 19.1 Å². The Morgan fingerprint density at radius 1 is 1.79 bits per heavy atom. The Hall–Kier alpha value is -1.36. The Bertz CT molecular complexity index is 310. The van der Waals surface area contributed by atoms with Gasteiger partial charge in [0.25, 0.3) is 0 Å². The molecule has 0 bridgehead atoms. The molecule has 1 aliphatic rings. The predicted octanol–water partition coefficient (Wildman–Crippen LogP) is 0.467. The van der Waals surface area contributed by atoms with Crippen molar-refractivity contribution in [3.05, 3.63) is 23.9 Å². The first kappa shape index (κ1) is 10.7. The molecule has 0 aliphatic carbocycles. The molecule has 0 aromatic heterocycles. The Morgan fingerprint density at radius 2 is 2.50 bits per heavy atom. The van der Waals surface area contributed by atoms with Gasteiger partial charge in [-0.15, -0.1) is 0 Å². The lowest BCUT2D eigenvalue weighted by atomic mass is 10.2. The van der Waals surface area contributed by atoms with E-state index in [0.717, 1.165) is 5.70 Å². The average molecular weight is 212 g/mol. The summed E-state index contributed by atoms with van der Waals surface area (Å²) in [4.78, 5) is 11.4. The van der Waals surface area contributed by atoms with E-state index in [1.165, 1.54) is 6.08 Å². The van der Waals surface area contributed by atoms with Crippen molar-refractivity contribution in [2.75, 3.05) is 13.2 Å². The third-order valence-corrected chi connectivity index (χ3v) is 2.00. The van der Waals surface area contributed by atoms with Crippen LogP contribution < -0.4 is 10.6 Å². The summed E-state index contributed by atoms with van der Waals surface area (Å²) in [5, 5.41) is 6.25. The smallest absolute Gasteiger partial charge is 0.337 e. The monoisotopic (exact) mass is 212 g/mol. The van der Waals surface area contributed by atoms with Crippen LogP contribution in [0.3, 0.4) is 0 Å². The van der Waals surface area contributed by atoms with Crippen molar-refractivity contribution >= 4 is 23.3 Å². The second-order valence-corrected chi connectivity index (χ2v) is 3.21. The number of hydrogen-bond acceptors (Lipinski definition) is 3. The van der Waals surface area contributed by atoms with Crippen LogP contribution >= 0.6 is 12.2 Å². The molecule has 1 rings (SSSR count). The van der Waals surface area contributed by atoms with Gasteiger partial charge in [-0.2, -0.15) is 0 Å². The first-order valence-corrected chi connectivity index (χ1v) is 4.58. The molecule has 0 aromatic rings. The molecule has 14 heavy (non-hydrogen) atoms. The minimum atomic E-state index is -0.343. The van der Waals surface area contributed by atoms with Gasteiger partial charge in [0, 0.05) is 5.70 Å². The van der Waals surface area contributed by atoms with Gasteiger partial charge >= 0.3 is 5.97 Å². The molecule has 76 valence electrons. The fourth-order valence-corrected chi connectivity index (χ4v) is 1.26. The lowest BCUT2D eigenvalue weighted by Gasteiger charge is -2.20. The fourth-order valence-electron chi connectivity index (χ4n) is 1.04. The summed E-state index contributed by atoms with van der Waals surface area (Å²) in [5.74, 6) is -0.343. The summed E-state index contributed by atoms with van der Waals surface area (Å²) >= 11 is 4.89. The molecule has 0 aromatic carbocycles. The highest BCUT2D eigenvalue weighted by Gasteiger charge is 2.18.